The minimum Gasteiger partial charge on any atom is -0.497 e. The van der Waals surface area contributed by atoms with Crippen LogP contribution in [0.5, 0.6) is 5.75 Å². The van der Waals surface area contributed by atoms with E-state index in [4.69, 9.17) is 4.74 Å². The minimum atomic E-state index is -3.53. The third kappa shape index (κ3) is 4.81. The van der Waals surface area contributed by atoms with E-state index in [2.05, 4.69) is 11.1 Å². The lowest BCUT2D eigenvalue weighted by atomic mass is 10.0. The Kier molecular flexibility index (Phi) is 6.95. The number of rotatable bonds is 8. The highest BCUT2D eigenvalue weighted by Gasteiger charge is 2.29. The molecule has 1 saturated heterocycles. The predicted octanol–water partition coefficient (Wildman–Crippen LogP) is 3.00. The minimum absolute atomic E-state index is 0.133. The van der Waals surface area contributed by atoms with Crippen LogP contribution in [-0.4, -0.2) is 66.9 Å². The molecular formula is C25H32N4O4S. The van der Waals surface area contributed by atoms with E-state index in [0.717, 1.165) is 42.9 Å². The Morgan fingerprint density at radius 2 is 2.00 bits per heavy atom. The molecule has 8 nitrogen and oxygen atoms in total. The Balaban J connectivity index is 1.45. The third-order valence-electron chi connectivity index (χ3n) is 6.59. The summed E-state index contributed by atoms with van der Waals surface area (Å²) in [5.41, 5.74) is 2.63. The molecule has 9 heteroatoms. The number of aryl methyl sites for hydroxylation is 2. The van der Waals surface area contributed by atoms with Gasteiger partial charge in [-0.15, -0.1) is 0 Å². The van der Waals surface area contributed by atoms with Crippen LogP contribution in [0.3, 0.4) is 0 Å². The average Bonchev–Trinajstić information content (AvgIpc) is 3.41. The first-order chi connectivity index (χ1) is 16.2. The molecule has 1 aromatic heterocycles. The molecule has 2 heterocycles. The quantitative estimate of drug-likeness (QED) is 0.491. The zero-order valence-electron chi connectivity index (χ0n) is 20.2. The van der Waals surface area contributed by atoms with Crippen LogP contribution in [0.4, 0.5) is 0 Å². The predicted molar refractivity (Wildman–Crippen MR) is 131 cm³/mol. The second-order valence-corrected chi connectivity index (χ2v) is 11.1. The number of likely N-dealkylation sites (tertiary alicyclic amines) is 1. The fourth-order valence-corrected chi connectivity index (χ4v) is 5.56. The second-order valence-electron chi connectivity index (χ2n) is 8.96. The summed E-state index contributed by atoms with van der Waals surface area (Å²) in [6, 6.07) is 13.2. The first-order valence-electron chi connectivity index (χ1n) is 11.5. The highest BCUT2D eigenvalue weighted by molar-refractivity contribution is 7.89. The van der Waals surface area contributed by atoms with Crippen molar-refractivity contribution in [3.8, 4) is 5.75 Å². The number of carbonyl (C=O) groups is 1. The highest BCUT2D eigenvalue weighted by atomic mass is 32.2. The molecule has 182 valence electrons. The first-order valence-corrected chi connectivity index (χ1v) is 12.9. The molecule has 1 aliphatic heterocycles. The van der Waals surface area contributed by atoms with E-state index < -0.39 is 10.0 Å². The lowest BCUT2D eigenvalue weighted by Gasteiger charge is -2.25. The Bertz CT molecular complexity index is 1300. The number of aromatic nitrogens is 2. The number of benzene rings is 2. The molecule has 0 N–H and O–H groups in total. The number of methoxy groups -OCH3 is 1. The van der Waals surface area contributed by atoms with Crippen molar-refractivity contribution in [2.75, 3.05) is 27.7 Å². The molecular weight excluding hydrogens is 452 g/mol. The number of imidazole rings is 1. The normalized spacial score (nSPS) is 16.5. The molecule has 0 spiro atoms. The maximum atomic E-state index is 13.1. The molecule has 0 aliphatic carbocycles. The maximum Gasteiger partial charge on any atom is 0.242 e. The summed E-state index contributed by atoms with van der Waals surface area (Å²) in [7, 11) is 3.05. The van der Waals surface area contributed by atoms with Gasteiger partial charge in [-0.1, -0.05) is 12.1 Å². The van der Waals surface area contributed by atoms with E-state index in [1.807, 2.05) is 34.7 Å². The Morgan fingerprint density at radius 1 is 1.21 bits per heavy atom. The van der Waals surface area contributed by atoms with Crippen LogP contribution in [0, 0.1) is 0 Å². The van der Waals surface area contributed by atoms with Gasteiger partial charge in [0.05, 0.1) is 23.0 Å². The van der Waals surface area contributed by atoms with Gasteiger partial charge in [-0.05, 0) is 55.2 Å². The fraction of sp³-hybridized carbons (Fsp3) is 0.440. The highest BCUT2D eigenvalue weighted by Crippen LogP contribution is 2.25. The number of fused-ring (bicyclic) bond motifs is 1. The van der Waals surface area contributed by atoms with Crippen molar-refractivity contribution in [1.82, 2.24) is 18.8 Å². The number of ether oxygens (including phenoxy) is 1. The SMILES string of the molecule is COc1cccc(CC2CCCN2C(=O)CCc2nc3cc(S(=O)(=O)N(C)C)ccc3n2C)c1. The monoisotopic (exact) mass is 484 g/mol. The van der Waals surface area contributed by atoms with Gasteiger partial charge in [0.1, 0.15) is 11.6 Å². The Morgan fingerprint density at radius 3 is 2.74 bits per heavy atom. The van der Waals surface area contributed by atoms with Crippen molar-refractivity contribution in [2.45, 2.75) is 43.0 Å². The molecule has 0 saturated carbocycles. The summed E-state index contributed by atoms with van der Waals surface area (Å²) >= 11 is 0. The summed E-state index contributed by atoms with van der Waals surface area (Å²) in [6.07, 6.45) is 3.70. The lowest BCUT2D eigenvalue weighted by molar-refractivity contribution is -0.132. The van der Waals surface area contributed by atoms with Crippen molar-refractivity contribution in [2.24, 2.45) is 7.05 Å². The molecule has 34 heavy (non-hydrogen) atoms. The van der Waals surface area contributed by atoms with Crippen LogP contribution in [0.15, 0.2) is 47.4 Å². The number of carbonyl (C=O) groups excluding carboxylic acids is 1. The summed E-state index contributed by atoms with van der Waals surface area (Å²) in [4.78, 5) is 20.0. The van der Waals surface area contributed by atoms with Crippen molar-refractivity contribution in [3.63, 3.8) is 0 Å². The van der Waals surface area contributed by atoms with Crippen LogP contribution in [0.2, 0.25) is 0 Å². The van der Waals surface area contributed by atoms with Gasteiger partial charge in [0, 0.05) is 46.6 Å². The second kappa shape index (κ2) is 9.76. The van der Waals surface area contributed by atoms with Crippen molar-refractivity contribution in [3.05, 3.63) is 53.9 Å². The van der Waals surface area contributed by atoms with Gasteiger partial charge in [-0.2, -0.15) is 0 Å². The van der Waals surface area contributed by atoms with Crippen LogP contribution < -0.4 is 4.74 Å². The van der Waals surface area contributed by atoms with E-state index in [0.29, 0.717) is 18.4 Å². The first kappa shape index (κ1) is 24.2. The van der Waals surface area contributed by atoms with E-state index in [9.17, 15) is 13.2 Å². The topological polar surface area (TPSA) is 84.7 Å². The molecule has 0 bridgehead atoms. The average molecular weight is 485 g/mol. The van der Waals surface area contributed by atoms with Gasteiger partial charge in [-0.25, -0.2) is 17.7 Å². The van der Waals surface area contributed by atoms with E-state index in [1.54, 1.807) is 25.3 Å². The van der Waals surface area contributed by atoms with Gasteiger partial charge in [0.25, 0.3) is 0 Å². The van der Waals surface area contributed by atoms with Gasteiger partial charge < -0.3 is 14.2 Å². The Labute approximate surface area is 201 Å². The number of hydrogen-bond acceptors (Lipinski definition) is 5. The number of nitrogens with zero attached hydrogens (tertiary/aromatic N) is 4. The number of sulfonamides is 1. The molecule has 3 aromatic rings. The zero-order chi connectivity index (χ0) is 24.5. The van der Waals surface area contributed by atoms with Crippen LogP contribution in [0.25, 0.3) is 11.0 Å². The zero-order valence-corrected chi connectivity index (χ0v) is 21.0. The fourth-order valence-electron chi connectivity index (χ4n) is 4.63. The molecule has 0 radical (unpaired) electrons. The van der Waals surface area contributed by atoms with Crippen molar-refractivity contribution < 1.29 is 17.9 Å². The summed E-state index contributed by atoms with van der Waals surface area (Å²) < 4.78 is 33.4. The smallest absolute Gasteiger partial charge is 0.242 e. The molecule has 1 atom stereocenters. The van der Waals surface area contributed by atoms with Gasteiger partial charge in [0.2, 0.25) is 15.9 Å². The van der Waals surface area contributed by atoms with Gasteiger partial charge in [-0.3, -0.25) is 4.79 Å². The van der Waals surface area contributed by atoms with E-state index >= 15 is 0 Å². The van der Waals surface area contributed by atoms with Gasteiger partial charge in [0.15, 0.2) is 0 Å². The van der Waals surface area contributed by atoms with Gasteiger partial charge >= 0.3 is 0 Å². The lowest BCUT2D eigenvalue weighted by Crippen LogP contribution is -2.37. The van der Waals surface area contributed by atoms with E-state index in [-0.39, 0.29) is 16.8 Å². The van der Waals surface area contributed by atoms with Crippen molar-refractivity contribution in [1.29, 1.82) is 0 Å². The molecule has 1 fully saturated rings. The molecule has 2 aromatic carbocycles. The maximum absolute atomic E-state index is 13.1. The third-order valence-corrected chi connectivity index (χ3v) is 8.40. The largest absolute Gasteiger partial charge is 0.497 e. The standard InChI is InChI=1S/C25H32N4O4S/c1-27(2)34(31,32)21-10-11-23-22(17-21)26-24(28(23)3)12-13-25(30)29-14-6-8-19(29)15-18-7-5-9-20(16-18)33-4/h5,7,9-11,16-17,19H,6,8,12-15H2,1-4H3. The van der Waals surface area contributed by atoms with Crippen molar-refractivity contribution >= 4 is 27.0 Å². The summed E-state index contributed by atoms with van der Waals surface area (Å²) in [5, 5.41) is 0. The Hall–Kier alpha value is -2.91. The van der Waals surface area contributed by atoms with E-state index in [1.165, 1.54) is 24.0 Å². The molecule has 4 rings (SSSR count). The number of amides is 1. The summed E-state index contributed by atoms with van der Waals surface area (Å²) in [5.74, 6) is 1.73. The van der Waals surface area contributed by atoms with Crippen LogP contribution in [0.1, 0.15) is 30.7 Å². The molecule has 1 amide bonds. The molecule has 1 aliphatic rings. The molecule has 1 unspecified atom stereocenters. The van der Waals surface area contributed by atoms with Crippen LogP contribution >= 0.6 is 0 Å². The van der Waals surface area contributed by atoms with Crippen LogP contribution in [-0.2, 0) is 34.7 Å². The summed E-state index contributed by atoms with van der Waals surface area (Å²) in [6.45, 7) is 0.780. The number of hydrogen-bond donors (Lipinski definition) is 0.